The molecule has 0 saturated heterocycles. The molecule has 0 bridgehead atoms. The number of nitrogens with zero attached hydrogens (tertiary/aromatic N) is 1. The lowest BCUT2D eigenvalue weighted by Gasteiger charge is -2.03. The molecule has 0 aliphatic carbocycles. The Morgan fingerprint density at radius 1 is 1.15 bits per heavy atom. The van der Waals surface area contributed by atoms with Gasteiger partial charge in [-0.05, 0) is 30.3 Å². The predicted octanol–water partition coefficient (Wildman–Crippen LogP) is 2.20. The maximum Gasteiger partial charge on any atom is 0.146 e. The summed E-state index contributed by atoms with van der Waals surface area (Å²) in [5.74, 6) is -0.379. The average molecular weight is 176 g/mol. The van der Waals surface area contributed by atoms with Crippen molar-refractivity contribution in [1.29, 1.82) is 0 Å². The van der Waals surface area contributed by atoms with E-state index in [0.717, 1.165) is 5.69 Å². The standard InChI is InChI=1S/C10H9FN2/c11-9-4-3-8(7-10(9)12)13-5-1-2-6-13/h1-7H,12H2. The summed E-state index contributed by atoms with van der Waals surface area (Å²) in [5.41, 5.74) is 6.48. The Balaban J connectivity index is 2.49. The van der Waals surface area contributed by atoms with Crippen molar-refractivity contribution in [2.45, 2.75) is 0 Å². The van der Waals surface area contributed by atoms with Crippen LogP contribution in [0.2, 0.25) is 0 Å². The number of hydrogen-bond acceptors (Lipinski definition) is 1. The van der Waals surface area contributed by atoms with Crippen LogP contribution < -0.4 is 5.73 Å². The first-order valence-corrected chi connectivity index (χ1v) is 3.96. The topological polar surface area (TPSA) is 30.9 Å². The van der Waals surface area contributed by atoms with Crippen LogP contribution in [0.4, 0.5) is 10.1 Å². The summed E-state index contributed by atoms with van der Waals surface area (Å²) in [4.78, 5) is 0. The van der Waals surface area contributed by atoms with E-state index < -0.39 is 0 Å². The van der Waals surface area contributed by atoms with Gasteiger partial charge in [-0.1, -0.05) is 0 Å². The van der Waals surface area contributed by atoms with Crippen molar-refractivity contribution in [3.8, 4) is 5.69 Å². The molecule has 0 atom stereocenters. The number of hydrogen-bond donors (Lipinski definition) is 1. The first kappa shape index (κ1) is 7.86. The fraction of sp³-hybridized carbons (Fsp3) is 0. The van der Waals surface area contributed by atoms with E-state index in [4.69, 9.17) is 5.73 Å². The fourth-order valence-electron chi connectivity index (χ4n) is 1.20. The van der Waals surface area contributed by atoms with Crippen molar-refractivity contribution in [3.63, 3.8) is 0 Å². The predicted molar refractivity (Wildman–Crippen MR) is 50.1 cm³/mol. The Morgan fingerprint density at radius 2 is 1.85 bits per heavy atom. The highest BCUT2D eigenvalue weighted by atomic mass is 19.1. The number of aromatic nitrogens is 1. The highest BCUT2D eigenvalue weighted by molar-refractivity contribution is 5.48. The van der Waals surface area contributed by atoms with Crippen LogP contribution in [-0.4, -0.2) is 4.57 Å². The highest BCUT2D eigenvalue weighted by Gasteiger charge is 1.99. The molecule has 1 aromatic heterocycles. The van der Waals surface area contributed by atoms with Crippen LogP contribution in [0.15, 0.2) is 42.7 Å². The van der Waals surface area contributed by atoms with Crippen molar-refractivity contribution in [2.75, 3.05) is 5.73 Å². The quantitative estimate of drug-likeness (QED) is 0.663. The van der Waals surface area contributed by atoms with Crippen molar-refractivity contribution in [1.82, 2.24) is 4.57 Å². The molecule has 0 amide bonds. The van der Waals surface area contributed by atoms with Crippen LogP contribution in [0.25, 0.3) is 5.69 Å². The molecule has 2 nitrogen and oxygen atoms in total. The van der Waals surface area contributed by atoms with Crippen LogP contribution in [0.5, 0.6) is 0 Å². The number of anilines is 1. The second kappa shape index (κ2) is 2.94. The molecule has 1 aromatic carbocycles. The molecule has 2 aromatic rings. The van der Waals surface area contributed by atoms with Gasteiger partial charge in [0.1, 0.15) is 5.82 Å². The van der Waals surface area contributed by atoms with Crippen LogP contribution in [0, 0.1) is 5.82 Å². The number of halogens is 1. The Bertz CT molecular complexity index is 407. The normalized spacial score (nSPS) is 10.2. The third-order valence-electron chi connectivity index (χ3n) is 1.88. The van der Waals surface area contributed by atoms with Crippen molar-refractivity contribution >= 4 is 5.69 Å². The molecule has 0 aliphatic rings. The molecule has 13 heavy (non-hydrogen) atoms. The molecule has 0 spiro atoms. The van der Waals surface area contributed by atoms with Gasteiger partial charge in [-0.2, -0.15) is 0 Å². The summed E-state index contributed by atoms with van der Waals surface area (Å²) in [6.45, 7) is 0. The van der Waals surface area contributed by atoms with Crippen LogP contribution >= 0.6 is 0 Å². The molecule has 0 radical (unpaired) electrons. The molecule has 0 saturated carbocycles. The van der Waals surface area contributed by atoms with Crippen molar-refractivity contribution in [3.05, 3.63) is 48.5 Å². The van der Waals surface area contributed by atoms with Crippen molar-refractivity contribution < 1.29 is 4.39 Å². The Morgan fingerprint density at radius 3 is 2.46 bits per heavy atom. The first-order valence-electron chi connectivity index (χ1n) is 3.96. The lowest BCUT2D eigenvalue weighted by molar-refractivity contribution is 0.632. The monoisotopic (exact) mass is 176 g/mol. The van der Waals surface area contributed by atoms with E-state index in [1.54, 1.807) is 12.1 Å². The maximum absolute atomic E-state index is 12.8. The zero-order valence-electron chi connectivity index (χ0n) is 6.94. The van der Waals surface area contributed by atoms with Crippen LogP contribution in [-0.2, 0) is 0 Å². The maximum atomic E-state index is 12.8. The van der Waals surface area contributed by atoms with E-state index in [2.05, 4.69) is 0 Å². The third-order valence-corrected chi connectivity index (χ3v) is 1.88. The second-order valence-electron chi connectivity index (χ2n) is 2.80. The molecule has 0 fully saturated rings. The van der Waals surface area contributed by atoms with E-state index in [0.29, 0.717) is 0 Å². The first-order chi connectivity index (χ1) is 6.27. The second-order valence-corrected chi connectivity index (χ2v) is 2.80. The summed E-state index contributed by atoms with van der Waals surface area (Å²) in [7, 11) is 0. The van der Waals surface area contributed by atoms with E-state index in [1.165, 1.54) is 6.07 Å². The number of nitrogens with two attached hydrogens (primary N) is 1. The van der Waals surface area contributed by atoms with Gasteiger partial charge in [0, 0.05) is 18.1 Å². The van der Waals surface area contributed by atoms with Gasteiger partial charge in [-0.3, -0.25) is 0 Å². The molecular formula is C10H9FN2. The lowest BCUT2D eigenvalue weighted by atomic mass is 10.2. The minimum Gasteiger partial charge on any atom is -0.396 e. The van der Waals surface area contributed by atoms with E-state index in [-0.39, 0.29) is 11.5 Å². The summed E-state index contributed by atoms with van der Waals surface area (Å²) in [6.07, 6.45) is 3.76. The molecule has 1 heterocycles. The Hall–Kier alpha value is -1.77. The Labute approximate surface area is 75.4 Å². The van der Waals surface area contributed by atoms with Gasteiger partial charge in [-0.25, -0.2) is 4.39 Å². The minimum atomic E-state index is -0.379. The van der Waals surface area contributed by atoms with Gasteiger partial charge in [0.05, 0.1) is 5.69 Å². The van der Waals surface area contributed by atoms with Crippen LogP contribution in [0.1, 0.15) is 0 Å². The molecule has 0 aliphatic heterocycles. The van der Waals surface area contributed by atoms with Crippen LogP contribution in [0.3, 0.4) is 0 Å². The van der Waals surface area contributed by atoms with E-state index in [1.807, 2.05) is 29.1 Å². The summed E-state index contributed by atoms with van der Waals surface area (Å²) < 4.78 is 14.7. The number of rotatable bonds is 1. The van der Waals surface area contributed by atoms with Gasteiger partial charge in [0.2, 0.25) is 0 Å². The average Bonchev–Trinajstić information content (AvgIpc) is 2.62. The molecule has 2 rings (SSSR count). The van der Waals surface area contributed by atoms with Gasteiger partial charge < -0.3 is 10.3 Å². The van der Waals surface area contributed by atoms with Crippen molar-refractivity contribution in [2.24, 2.45) is 0 Å². The van der Waals surface area contributed by atoms with Gasteiger partial charge in [0.25, 0.3) is 0 Å². The molecule has 0 unspecified atom stereocenters. The zero-order chi connectivity index (χ0) is 9.26. The minimum absolute atomic E-state index is 0.172. The SMILES string of the molecule is Nc1cc(-n2cccc2)ccc1F. The zero-order valence-corrected chi connectivity index (χ0v) is 6.94. The van der Waals surface area contributed by atoms with Gasteiger partial charge in [0.15, 0.2) is 0 Å². The lowest BCUT2D eigenvalue weighted by Crippen LogP contribution is -1.95. The highest BCUT2D eigenvalue weighted by Crippen LogP contribution is 2.15. The van der Waals surface area contributed by atoms with E-state index >= 15 is 0 Å². The van der Waals surface area contributed by atoms with Gasteiger partial charge >= 0.3 is 0 Å². The summed E-state index contributed by atoms with van der Waals surface area (Å²) in [5, 5.41) is 0. The molecule has 2 N–H and O–H groups in total. The molecule has 66 valence electrons. The molecule has 3 heteroatoms. The Kier molecular flexibility index (Phi) is 1.77. The van der Waals surface area contributed by atoms with E-state index in [9.17, 15) is 4.39 Å². The largest absolute Gasteiger partial charge is 0.396 e. The number of benzene rings is 1. The fourth-order valence-corrected chi connectivity index (χ4v) is 1.20. The third kappa shape index (κ3) is 1.40. The number of nitrogen functional groups attached to an aromatic ring is 1. The summed E-state index contributed by atoms with van der Waals surface area (Å²) in [6, 6.07) is 8.46. The molecular weight excluding hydrogens is 167 g/mol. The summed E-state index contributed by atoms with van der Waals surface area (Å²) >= 11 is 0. The smallest absolute Gasteiger partial charge is 0.146 e. The van der Waals surface area contributed by atoms with Gasteiger partial charge in [-0.15, -0.1) is 0 Å².